The van der Waals surface area contributed by atoms with Gasteiger partial charge in [-0.05, 0) is 11.3 Å². The minimum Gasteiger partial charge on any atom is -0.213 e. The molecule has 1 aliphatic rings. The lowest BCUT2D eigenvalue weighted by atomic mass is 11.0. The topological polar surface area (TPSA) is 12.4 Å². The molecule has 0 aromatic heterocycles. The third-order valence-corrected chi connectivity index (χ3v) is 0.930. The summed E-state index contributed by atoms with van der Waals surface area (Å²) in [5.41, 5.74) is 0. The highest BCUT2D eigenvalue weighted by molar-refractivity contribution is 8.05. The van der Waals surface area contributed by atoms with Gasteiger partial charge in [0.25, 0.3) is 0 Å². The molecule has 2 heteroatoms. The number of hydrogen-bond donors (Lipinski definition) is 0. The minimum absolute atomic E-state index is 1.58. The monoisotopic (exact) mass is 97.0 g/mol. The van der Waals surface area contributed by atoms with E-state index in [2.05, 4.69) is 10.9 Å². The van der Waals surface area contributed by atoms with Crippen molar-refractivity contribution in [2.75, 3.05) is 0 Å². The first-order chi connectivity index (χ1) is 3.00. The first-order valence-electron chi connectivity index (χ1n) is 1.58. The summed E-state index contributed by atoms with van der Waals surface area (Å²) in [4.78, 5) is 3.67. The van der Waals surface area contributed by atoms with Gasteiger partial charge in [0.2, 0.25) is 0 Å². The van der Waals surface area contributed by atoms with Gasteiger partial charge in [0.05, 0.1) is 0 Å². The smallest absolute Gasteiger partial charge is 0.0435 e. The van der Waals surface area contributed by atoms with Crippen molar-refractivity contribution in [2.45, 2.75) is 0 Å². The van der Waals surface area contributed by atoms with Crippen LogP contribution in [0.2, 0.25) is 0 Å². The number of thioether (sulfide) groups is 1. The van der Waals surface area contributed by atoms with Crippen LogP contribution in [0.1, 0.15) is 0 Å². The van der Waals surface area contributed by atoms with Crippen molar-refractivity contribution in [3.05, 3.63) is 17.0 Å². The first kappa shape index (κ1) is 3.72. The van der Waals surface area contributed by atoms with E-state index in [1.807, 2.05) is 5.41 Å². The van der Waals surface area contributed by atoms with Gasteiger partial charge in [0.1, 0.15) is 0 Å². The van der Waals surface area contributed by atoms with E-state index >= 15 is 0 Å². The Hall–Kier alpha value is -0.460. The second kappa shape index (κ2) is 1.85. The fraction of sp³-hybridized carbons (Fsp3) is 0. The Bertz CT molecular complexity index is 120. The molecule has 0 fully saturated rings. The molecule has 1 rings (SSSR count). The van der Waals surface area contributed by atoms with Gasteiger partial charge in [-0.2, -0.15) is 0 Å². The van der Waals surface area contributed by atoms with Crippen LogP contribution in [0.4, 0.5) is 0 Å². The molecular formula is C4H3NS. The molecule has 30 valence electrons. The standard InChI is InChI=1S/C4H3NS/c1-3-6-4-2-5-1/h1,3-4H. The fourth-order valence-corrected chi connectivity index (χ4v) is 0.540. The largest absolute Gasteiger partial charge is 0.213 e. The van der Waals surface area contributed by atoms with Gasteiger partial charge < -0.3 is 0 Å². The zero-order chi connectivity index (χ0) is 4.24. The van der Waals surface area contributed by atoms with E-state index in [0.29, 0.717) is 0 Å². The van der Waals surface area contributed by atoms with Crippen LogP contribution in [-0.4, -0.2) is 5.87 Å². The van der Waals surface area contributed by atoms with Crippen LogP contribution in [0, 0.1) is 0 Å². The zero-order valence-corrected chi connectivity index (χ0v) is 3.90. The van der Waals surface area contributed by atoms with Crippen LogP contribution in [0.15, 0.2) is 22.0 Å². The Kier molecular flexibility index (Phi) is 1.15. The summed E-state index contributed by atoms with van der Waals surface area (Å²) in [6.07, 6.45) is 1.71. The summed E-state index contributed by atoms with van der Waals surface area (Å²) in [5, 5.41) is 3.70. The van der Waals surface area contributed by atoms with Crippen LogP contribution >= 0.6 is 11.8 Å². The molecule has 0 bridgehead atoms. The normalized spacial score (nSPS) is 16.0. The van der Waals surface area contributed by atoms with Crippen molar-refractivity contribution in [3.63, 3.8) is 0 Å². The van der Waals surface area contributed by atoms with Crippen molar-refractivity contribution in [1.29, 1.82) is 0 Å². The lowest BCUT2D eigenvalue weighted by Crippen LogP contribution is -1.54. The molecule has 0 atom stereocenters. The summed E-state index contributed by atoms with van der Waals surface area (Å²) in [5.74, 6) is 2.66. The second-order valence-electron chi connectivity index (χ2n) is 0.797. The molecule has 0 aromatic carbocycles. The third-order valence-electron chi connectivity index (χ3n) is 0.409. The van der Waals surface area contributed by atoms with Gasteiger partial charge in [-0.15, -0.1) is 0 Å². The summed E-state index contributed by atoms with van der Waals surface area (Å²) >= 11 is 1.58. The van der Waals surface area contributed by atoms with Crippen LogP contribution in [0.3, 0.4) is 0 Å². The highest BCUT2D eigenvalue weighted by atomic mass is 32.2. The van der Waals surface area contributed by atoms with Crippen molar-refractivity contribution in [2.24, 2.45) is 4.99 Å². The molecule has 0 saturated carbocycles. The summed E-state index contributed by atoms with van der Waals surface area (Å²) in [7, 11) is 0. The van der Waals surface area contributed by atoms with E-state index < -0.39 is 0 Å². The number of rotatable bonds is 0. The number of hydrogen-bond acceptors (Lipinski definition) is 2. The maximum Gasteiger partial charge on any atom is 0.0435 e. The Balaban J connectivity index is 2.78. The maximum atomic E-state index is 3.67. The van der Waals surface area contributed by atoms with Crippen molar-refractivity contribution >= 4 is 17.6 Å². The maximum absolute atomic E-state index is 3.67. The Morgan fingerprint density at radius 2 is 2.67 bits per heavy atom. The molecule has 0 aromatic rings. The number of aliphatic imine (C=N–C) groups is 1. The second-order valence-corrected chi connectivity index (χ2v) is 1.58. The Morgan fingerprint density at radius 1 is 1.67 bits per heavy atom. The first-order valence-corrected chi connectivity index (χ1v) is 2.52. The molecule has 0 saturated heterocycles. The van der Waals surface area contributed by atoms with Crippen LogP contribution in [-0.2, 0) is 0 Å². The van der Waals surface area contributed by atoms with E-state index in [9.17, 15) is 0 Å². The predicted molar refractivity (Wildman–Crippen MR) is 28.7 cm³/mol. The van der Waals surface area contributed by atoms with Gasteiger partial charge in [-0.25, -0.2) is 4.99 Å². The van der Waals surface area contributed by atoms with E-state index in [1.54, 1.807) is 23.4 Å². The molecular weight excluding hydrogens is 94.1 g/mol. The molecule has 6 heavy (non-hydrogen) atoms. The molecule has 0 aliphatic carbocycles. The average molecular weight is 97.1 g/mol. The number of nitrogens with zero attached hydrogens (tertiary/aromatic N) is 1. The highest BCUT2D eigenvalue weighted by Gasteiger charge is 1.70. The van der Waals surface area contributed by atoms with E-state index in [1.165, 1.54) is 0 Å². The van der Waals surface area contributed by atoms with Crippen LogP contribution in [0.5, 0.6) is 0 Å². The summed E-state index contributed by atoms with van der Waals surface area (Å²) in [6, 6.07) is 0. The summed E-state index contributed by atoms with van der Waals surface area (Å²) < 4.78 is 0. The van der Waals surface area contributed by atoms with Crippen LogP contribution in [0.25, 0.3) is 0 Å². The molecule has 0 N–H and O–H groups in total. The van der Waals surface area contributed by atoms with Gasteiger partial charge in [-0.1, -0.05) is 11.8 Å². The van der Waals surface area contributed by atoms with Crippen molar-refractivity contribution < 1.29 is 0 Å². The average Bonchev–Trinajstić information content (AvgIpc) is 1.72. The highest BCUT2D eigenvalue weighted by Crippen LogP contribution is 2.02. The Morgan fingerprint density at radius 3 is 2.83 bits per heavy atom. The third kappa shape index (κ3) is 0.744. The van der Waals surface area contributed by atoms with Crippen LogP contribution < -0.4 is 0 Å². The molecule has 1 nitrogen and oxygen atoms in total. The minimum atomic E-state index is 1.58. The van der Waals surface area contributed by atoms with Crippen molar-refractivity contribution in [1.82, 2.24) is 0 Å². The zero-order valence-electron chi connectivity index (χ0n) is 3.09. The summed E-state index contributed by atoms with van der Waals surface area (Å²) in [6.45, 7) is 0. The lowest BCUT2D eigenvalue weighted by molar-refractivity contribution is 1.63. The quantitative estimate of drug-likeness (QED) is 0.445. The van der Waals surface area contributed by atoms with Gasteiger partial charge >= 0.3 is 0 Å². The van der Waals surface area contributed by atoms with E-state index in [4.69, 9.17) is 0 Å². The molecule has 1 heterocycles. The molecule has 0 spiro atoms. The Labute approximate surface area is 40.5 Å². The van der Waals surface area contributed by atoms with E-state index in [-0.39, 0.29) is 0 Å². The predicted octanol–water partition coefficient (Wildman–Crippen LogP) is 1.39. The fourth-order valence-electron chi connectivity index (χ4n) is 0.209. The molecule has 0 unspecified atom stereocenters. The van der Waals surface area contributed by atoms with Gasteiger partial charge in [0.15, 0.2) is 0 Å². The van der Waals surface area contributed by atoms with E-state index in [0.717, 1.165) is 0 Å². The van der Waals surface area contributed by atoms with Gasteiger partial charge in [0, 0.05) is 11.6 Å². The van der Waals surface area contributed by atoms with Crippen molar-refractivity contribution in [3.8, 4) is 0 Å². The molecule has 0 amide bonds. The lowest BCUT2D eigenvalue weighted by Gasteiger charge is -1.77. The molecule has 1 aliphatic heterocycles. The molecule has 0 radical (unpaired) electrons. The SMILES string of the molecule is C1=CSC=CN=1. The van der Waals surface area contributed by atoms with Gasteiger partial charge in [-0.3, -0.25) is 0 Å².